The average Bonchev–Trinajstić information content (AvgIpc) is 2.89. The van der Waals surface area contributed by atoms with Crippen LogP contribution in [0.5, 0.6) is 5.75 Å². The van der Waals surface area contributed by atoms with Gasteiger partial charge in [-0.05, 0) is 39.0 Å². The van der Waals surface area contributed by atoms with Gasteiger partial charge < -0.3 is 15.2 Å². The summed E-state index contributed by atoms with van der Waals surface area (Å²) in [7, 11) is 0. The number of rotatable bonds is 6. The maximum absolute atomic E-state index is 12.2. The number of ether oxygens (including phenoxy) is 1. The van der Waals surface area contributed by atoms with Crippen molar-refractivity contribution < 1.29 is 19.4 Å². The molecule has 2 aromatic rings. The normalized spacial score (nSPS) is 13.2. The minimum Gasteiger partial charge on any atom is -0.481 e. The van der Waals surface area contributed by atoms with Gasteiger partial charge in [-0.3, -0.25) is 4.79 Å². The maximum atomic E-state index is 12.2. The van der Waals surface area contributed by atoms with Crippen molar-refractivity contribution in [1.29, 1.82) is 0 Å². The van der Waals surface area contributed by atoms with E-state index in [-0.39, 0.29) is 10.8 Å². The van der Waals surface area contributed by atoms with Crippen LogP contribution in [-0.2, 0) is 4.79 Å². The summed E-state index contributed by atoms with van der Waals surface area (Å²) in [6.07, 6.45) is -0.731. The molecule has 0 saturated carbocycles. The van der Waals surface area contributed by atoms with Gasteiger partial charge in [0.15, 0.2) is 6.10 Å². The molecule has 0 bridgehead atoms. The molecule has 2 unspecified atom stereocenters. The third kappa shape index (κ3) is 4.46. The average molecular weight is 369 g/mol. The molecule has 2 N–H and O–H groups in total. The highest BCUT2D eigenvalue weighted by molar-refractivity contribution is 7.13. The van der Waals surface area contributed by atoms with E-state index in [1.54, 1.807) is 45.0 Å². The fraction of sp³-hybridized carbons (Fsp3) is 0.312. The van der Waals surface area contributed by atoms with E-state index in [2.05, 4.69) is 10.3 Å². The second-order valence-electron chi connectivity index (χ2n) is 5.22. The van der Waals surface area contributed by atoms with Crippen LogP contribution >= 0.6 is 22.9 Å². The van der Waals surface area contributed by atoms with E-state index < -0.39 is 18.1 Å². The zero-order valence-electron chi connectivity index (χ0n) is 13.4. The molecule has 1 heterocycles. The zero-order valence-corrected chi connectivity index (χ0v) is 14.9. The second-order valence-corrected chi connectivity index (χ2v) is 6.69. The number of nitrogens with one attached hydrogen (secondary N) is 1. The summed E-state index contributed by atoms with van der Waals surface area (Å²) in [6, 6.07) is 6.36. The molecule has 0 aliphatic heterocycles. The summed E-state index contributed by atoms with van der Waals surface area (Å²) in [5, 5.41) is 12.9. The third-order valence-corrected chi connectivity index (χ3v) is 4.78. The number of aryl methyl sites for hydroxylation is 1. The van der Waals surface area contributed by atoms with E-state index in [9.17, 15) is 9.59 Å². The van der Waals surface area contributed by atoms with Crippen molar-refractivity contribution in [2.24, 2.45) is 0 Å². The molecule has 1 aromatic heterocycles. The fourth-order valence-electron chi connectivity index (χ4n) is 1.99. The molecule has 1 amide bonds. The van der Waals surface area contributed by atoms with Crippen LogP contribution in [0.2, 0.25) is 5.02 Å². The molecule has 0 aliphatic carbocycles. The lowest BCUT2D eigenvalue weighted by atomic mass is 10.3. The zero-order chi connectivity index (χ0) is 17.9. The van der Waals surface area contributed by atoms with Gasteiger partial charge in [-0.2, -0.15) is 0 Å². The molecule has 0 fully saturated rings. The molecule has 1 aromatic carbocycles. The van der Waals surface area contributed by atoms with Crippen LogP contribution in [0.3, 0.4) is 0 Å². The van der Waals surface area contributed by atoms with Gasteiger partial charge in [-0.15, -0.1) is 11.3 Å². The molecule has 0 aliphatic rings. The predicted octanol–water partition coefficient (Wildman–Crippen LogP) is 3.45. The van der Waals surface area contributed by atoms with Crippen molar-refractivity contribution in [3.8, 4) is 5.75 Å². The number of carboxylic acid groups (broad SMARTS) is 1. The lowest BCUT2D eigenvalue weighted by molar-refractivity contribution is -0.127. The minimum absolute atomic E-state index is 0.175. The Morgan fingerprint density at radius 2 is 2.08 bits per heavy atom. The molecule has 6 nitrogen and oxygen atoms in total. The van der Waals surface area contributed by atoms with Gasteiger partial charge in [0.05, 0.1) is 11.7 Å². The Labute approximate surface area is 148 Å². The van der Waals surface area contributed by atoms with Gasteiger partial charge >= 0.3 is 5.97 Å². The highest BCUT2D eigenvalue weighted by Crippen LogP contribution is 2.24. The molecule has 2 rings (SSSR count). The molecule has 8 heteroatoms. The van der Waals surface area contributed by atoms with Crippen molar-refractivity contribution in [2.75, 3.05) is 0 Å². The van der Waals surface area contributed by atoms with Crippen molar-refractivity contribution >= 4 is 34.8 Å². The Balaban J connectivity index is 2.00. The molecule has 24 heavy (non-hydrogen) atoms. The Morgan fingerprint density at radius 3 is 2.67 bits per heavy atom. The summed E-state index contributed by atoms with van der Waals surface area (Å²) in [5.74, 6) is -0.851. The molecule has 128 valence electrons. The first-order valence-electron chi connectivity index (χ1n) is 7.21. The maximum Gasteiger partial charge on any atom is 0.347 e. The van der Waals surface area contributed by atoms with Gasteiger partial charge in [0, 0.05) is 5.02 Å². The Hall–Kier alpha value is -2.12. The third-order valence-electron chi connectivity index (χ3n) is 3.21. The van der Waals surface area contributed by atoms with Crippen molar-refractivity contribution in [2.45, 2.75) is 32.9 Å². The summed E-state index contributed by atoms with van der Waals surface area (Å²) in [4.78, 5) is 27.7. The van der Waals surface area contributed by atoms with Gasteiger partial charge in [-0.1, -0.05) is 17.7 Å². The van der Waals surface area contributed by atoms with Gasteiger partial charge in [0.25, 0.3) is 5.91 Å². The second kappa shape index (κ2) is 7.63. The Kier molecular flexibility index (Phi) is 5.80. The number of carbonyl (C=O) groups is 2. The number of amides is 1. The molecule has 0 saturated heterocycles. The number of hydrogen-bond donors (Lipinski definition) is 2. The minimum atomic E-state index is -1.02. The lowest BCUT2D eigenvalue weighted by Gasteiger charge is -2.17. The number of hydrogen-bond acceptors (Lipinski definition) is 5. The van der Waals surface area contributed by atoms with E-state index >= 15 is 0 Å². The molecule has 0 spiro atoms. The number of halogens is 1. The van der Waals surface area contributed by atoms with E-state index in [0.29, 0.717) is 21.5 Å². The quantitative estimate of drug-likeness (QED) is 0.815. The van der Waals surface area contributed by atoms with Crippen LogP contribution in [0.4, 0.5) is 0 Å². The van der Waals surface area contributed by atoms with E-state index in [4.69, 9.17) is 21.4 Å². The number of carbonyl (C=O) groups excluding carboxylic acids is 1. The monoisotopic (exact) mass is 368 g/mol. The largest absolute Gasteiger partial charge is 0.481 e. The topological polar surface area (TPSA) is 88.5 Å². The van der Waals surface area contributed by atoms with E-state index in [1.807, 2.05) is 0 Å². The first kappa shape index (κ1) is 18.2. The lowest BCUT2D eigenvalue weighted by Crippen LogP contribution is -2.37. The van der Waals surface area contributed by atoms with Gasteiger partial charge in [-0.25, -0.2) is 9.78 Å². The molecule has 2 atom stereocenters. The van der Waals surface area contributed by atoms with Gasteiger partial charge in [0.1, 0.15) is 15.6 Å². The summed E-state index contributed by atoms with van der Waals surface area (Å²) in [6.45, 7) is 5.00. The first-order chi connectivity index (χ1) is 11.3. The van der Waals surface area contributed by atoms with Gasteiger partial charge in [0.2, 0.25) is 0 Å². The van der Waals surface area contributed by atoms with Crippen LogP contribution in [0.25, 0.3) is 0 Å². The number of carboxylic acids is 1. The molecule has 0 radical (unpaired) electrons. The van der Waals surface area contributed by atoms with Crippen LogP contribution < -0.4 is 10.1 Å². The standard InChI is InChI=1S/C16H17ClN2O4S/c1-8-13(16(21)22)24-15(19-8)9(2)18-14(20)10(3)23-12-6-4-5-11(17)7-12/h4-7,9-10H,1-3H3,(H,18,20)(H,21,22). The summed E-state index contributed by atoms with van der Waals surface area (Å²) < 4.78 is 5.55. The predicted molar refractivity (Wildman–Crippen MR) is 91.9 cm³/mol. The van der Waals surface area contributed by atoms with E-state index in [0.717, 1.165) is 11.3 Å². The Morgan fingerprint density at radius 1 is 1.38 bits per heavy atom. The Bertz CT molecular complexity index is 762. The van der Waals surface area contributed by atoms with Crippen LogP contribution in [-0.4, -0.2) is 28.1 Å². The summed E-state index contributed by atoms with van der Waals surface area (Å²) >= 11 is 6.93. The van der Waals surface area contributed by atoms with Crippen molar-refractivity contribution in [3.63, 3.8) is 0 Å². The number of aromatic carboxylic acids is 1. The van der Waals surface area contributed by atoms with Crippen molar-refractivity contribution in [3.05, 3.63) is 44.9 Å². The number of thiazole rings is 1. The number of aromatic nitrogens is 1. The van der Waals surface area contributed by atoms with Crippen molar-refractivity contribution in [1.82, 2.24) is 10.3 Å². The van der Waals surface area contributed by atoms with Crippen LogP contribution in [0.15, 0.2) is 24.3 Å². The summed E-state index contributed by atoms with van der Waals surface area (Å²) in [5.41, 5.74) is 0.437. The first-order valence-corrected chi connectivity index (χ1v) is 8.40. The number of benzene rings is 1. The SMILES string of the molecule is Cc1nc(C(C)NC(=O)C(C)Oc2cccc(Cl)c2)sc1C(=O)O. The highest BCUT2D eigenvalue weighted by Gasteiger charge is 2.22. The number of nitrogens with zero attached hydrogens (tertiary/aromatic N) is 1. The fourth-order valence-corrected chi connectivity index (χ4v) is 3.08. The molecular weight excluding hydrogens is 352 g/mol. The molecular formula is C16H17ClN2O4S. The van der Waals surface area contributed by atoms with Crippen LogP contribution in [0, 0.1) is 6.92 Å². The van der Waals surface area contributed by atoms with Crippen LogP contribution in [0.1, 0.15) is 40.3 Å². The smallest absolute Gasteiger partial charge is 0.347 e. The van der Waals surface area contributed by atoms with E-state index in [1.165, 1.54) is 0 Å². The highest BCUT2D eigenvalue weighted by atomic mass is 35.5.